The average molecular weight is 235 g/mol. The van der Waals surface area contributed by atoms with Crippen LogP contribution in [0.1, 0.15) is 12.8 Å². The summed E-state index contributed by atoms with van der Waals surface area (Å²) in [6.45, 7) is -0.747. The van der Waals surface area contributed by atoms with Crippen molar-refractivity contribution in [2.24, 2.45) is 5.92 Å². The molecule has 2 N–H and O–H groups in total. The van der Waals surface area contributed by atoms with Gasteiger partial charge in [0.2, 0.25) is 5.91 Å². The molecule has 0 aromatic carbocycles. The van der Waals surface area contributed by atoms with Crippen LogP contribution in [0.4, 0.5) is 13.2 Å². The summed E-state index contributed by atoms with van der Waals surface area (Å²) in [5, 5.41) is 13.2. The highest BCUT2D eigenvalue weighted by Gasteiger charge is 2.39. The topological polar surface area (TPSA) is 64.9 Å². The lowest BCUT2D eigenvalue weighted by atomic mass is 10.1. The van der Waals surface area contributed by atoms with E-state index in [-0.39, 0.29) is 18.5 Å². The van der Waals surface area contributed by atoms with Crippen molar-refractivity contribution in [1.82, 2.24) is 10.6 Å². The van der Waals surface area contributed by atoms with E-state index >= 15 is 0 Å². The van der Waals surface area contributed by atoms with Crippen LogP contribution >= 0.6 is 0 Å². The van der Waals surface area contributed by atoms with Crippen molar-refractivity contribution in [1.29, 1.82) is 5.26 Å². The molecule has 16 heavy (non-hydrogen) atoms. The van der Waals surface area contributed by atoms with Crippen LogP contribution in [0.15, 0.2) is 0 Å². The zero-order valence-electron chi connectivity index (χ0n) is 8.47. The van der Waals surface area contributed by atoms with E-state index in [0.717, 1.165) is 18.9 Å². The number of hydrogen-bond acceptors (Lipinski definition) is 3. The van der Waals surface area contributed by atoms with Gasteiger partial charge in [-0.05, 0) is 12.8 Å². The molecule has 0 aliphatic heterocycles. The molecule has 90 valence electrons. The Labute approximate surface area is 90.8 Å². The highest BCUT2D eigenvalue weighted by atomic mass is 19.4. The summed E-state index contributed by atoms with van der Waals surface area (Å²) in [7, 11) is 0. The Balaban J connectivity index is 2.17. The van der Waals surface area contributed by atoms with Crippen LogP contribution in [-0.4, -0.2) is 31.2 Å². The summed E-state index contributed by atoms with van der Waals surface area (Å²) >= 11 is 0. The minimum Gasteiger partial charge on any atom is -0.352 e. The number of nitriles is 1. The Morgan fingerprint density at radius 3 is 2.56 bits per heavy atom. The van der Waals surface area contributed by atoms with Crippen molar-refractivity contribution >= 4 is 5.91 Å². The van der Waals surface area contributed by atoms with Crippen molar-refractivity contribution in [3.63, 3.8) is 0 Å². The summed E-state index contributed by atoms with van der Waals surface area (Å²) < 4.78 is 36.3. The van der Waals surface area contributed by atoms with Crippen molar-refractivity contribution in [2.75, 3.05) is 13.1 Å². The number of hydrogen-bond donors (Lipinski definition) is 2. The van der Waals surface area contributed by atoms with Gasteiger partial charge < -0.3 is 10.6 Å². The summed E-state index contributed by atoms with van der Waals surface area (Å²) in [5.74, 6) is -2.40. The molecular formula is C9H12F3N3O. The molecule has 0 spiro atoms. The second-order valence-electron chi connectivity index (χ2n) is 3.70. The van der Waals surface area contributed by atoms with Gasteiger partial charge in [0, 0.05) is 12.6 Å². The van der Waals surface area contributed by atoms with Crippen molar-refractivity contribution in [2.45, 2.75) is 25.1 Å². The van der Waals surface area contributed by atoms with Gasteiger partial charge in [0.25, 0.3) is 0 Å². The second-order valence-corrected chi connectivity index (χ2v) is 3.70. The van der Waals surface area contributed by atoms with Crippen molar-refractivity contribution < 1.29 is 18.0 Å². The van der Waals surface area contributed by atoms with E-state index in [2.05, 4.69) is 10.6 Å². The molecule has 0 radical (unpaired) electrons. The molecule has 7 heteroatoms. The molecular weight excluding hydrogens is 223 g/mol. The van der Waals surface area contributed by atoms with Crippen molar-refractivity contribution in [3.8, 4) is 6.07 Å². The molecule has 0 aromatic rings. The van der Waals surface area contributed by atoms with Crippen LogP contribution < -0.4 is 10.6 Å². The lowest BCUT2D eigenvalue weighted by molar-refractivity contribution is -0.158. The minimum absolute atomic E-state index is 0.184. The third-order valence-corrected chi connectivity index (χ3v) is 2.13. The fourth-order valence-corrected chi connectivity index (χ4v) is 1.07. The number of amides is 1. The van der Waals surface area contributed by atoms with Crippen LogP contribution in [0.5, 0.6) is 0 Å². The highest BCUT2D eigenvalue weighted by Crippen LogP contribution is 2.24. The van der Waals surface area contributed by atoms with Gasteiger partial charge in [0.05, 0.1) is 12.6 Å². The number of alkyl halides is 3. The minimum atomic E-state index is -4.55. The maximum absolute atomic E-state index is 12.1. The molecule has 0 saturated heterocycles. The van der Waals surface area contributed by atoms with Gasteiger partial charge >= 0.3 is 6.18 Å². The first kappa shape index (κ1) is 12.8. The molecule has 1 rings (SSSR count). The molecule has 1 fully saturated rings. The van der Waals surface area contributed by atoms with Gasteiger partial charge in [-0.1, -0.05) is 0 Å². The number of rotatable bonds is 5. The van der Waals surface area contributed by atoms with Crippen LogP contribution in [0, 0.1) is 17.2 Å². The van der Waals surface area contributed by atoms with Gasteiger partial charge in [0.1, 0.15) is 0 Å². The average Bonchev–Trinajstić information content (AvgIpc) is 2.94. The number of nitrogens with zero attached hydrogens (tertiary/aromatic N) is 1. The molecule has 1 amide bonds. The third kappa shape index (κ3) is 4.49. The van der Waals surface area contributed by atoms with E-state index in [9.17, 15) is 18.0 Å². The summed E-state index contributed by atoms with van der Waals surface area (Å²) in [6, 6.07) is 1.33. The Morgan fingerprint density at radius 1 is 1.50 bits per heavy atom. The predicted octanol–water partition coefficient (Wildman–Crippen LogP) is 0.557. The fourth-order valence-electron chi connectivity index (χ4n) is 1.07. The van der Waals surface area contributed by atoms with E-state index in [1.807, 2.05) is 0 Å². The number of halogens is 3. The van der Waals surface area contributed by atoms with Gasteiger partial charge in [-0.15, -0.1) is 0 Å². The molecule has 0 aromatic heterocycles. The van der Waals surface area contributed by atoms with Crippen LogP contribution in [-0.2, 0) is 4.79 Å². The summed E-state index contributed by atoms with van der Waals surface area (Å²) in [5.41, 5.74) is 0. The van der Waals surface area contributed by atoms with Gasteiger partial charge in [-0.3, -0.25) is 4.79 Å². The van der Waals surface area contributed by atoms with E-state index in [1.165, 1.54) is 0 Å². The van der Waals surface area contributed by atoms with E-state index in [0.29, 0.717) is 0 Å². The number of carbonyl (C=O) groups excluding carboxylic acids is 1. The first-order chi connectivity index (χ1) is 7.43. The first-order valence-corrected chi connectivity index (χ1v) is 4.90. The quantitative estimate of drug-likeness (QED) is 0.731. The normalized spacial score (nSPS) is 17.6. The molecule has 1 saturated carbocycles. The molecule has 1 aliphatic carbocycles. The van der Waals surface area contributed by atoms with Crippen LogP contribution in [0.25, 0.3) is 0 Å². The maximum atomic E-state index is 12.1. The Hall–Kier alpha value is -1.29. The standard InChI is InChI=1S/C9H12F3N3O/c10-9(11,12)6(3-13)4-14-5-8(16)15-7-1-2-7/h6-7,14H,1-2,4-5H2,(H,15,16). The van der Waals surface area contributed by atoms with E-state index < -0.39 is 18.6 Å². The number of carbonyl (C=O) groups is 1. The monoisotopic (exact) mass is 235 g/mol. The smallest absolute Gasteiger partial charge is 0.352 e. The van der Waals surface area contributed by atoms with E-state index in [1.54, 1.807) is 0 Å². The molecule has 1 aliphatic rings. The summed E-state index contributed by atoms with van der Waals surface area (Å²) in [4.78, 5) is 11.1. The Kier molecular flexibility index (Phi) is 4.12. The van der Waals surface area contributed by atoms with Gasteiger partial charge in [-0.2, -0.15) is 18.4 Å². The highest BCUT2D eigenvalue weighted by molar-refractivity contribution is 5.78. The van der Waals surface area contributed by atoms with Gasteiger partial charge in [0.15, 0.2) is 5.92 Å². The van der Waals surface area contributed by atoms with Crippen LogP contribution in [0.3, 0.4) is 0 Å². The molecule has 0 bridgehead atoms. The SMILES string of the molecule is N#CC(CNCC(=O)NC1CC1)C(F)(F)F. The molecule has 1 atom stereocenters. The van der Waals surface area contributed by atoms with Crippen LogP contribution in [0.2, 0.25) is 0 Å². The Morgan fingerprint density at radius 2 is 2.12 bits per heavy atom. The molecule has 1 unspecified atom stereocenters. The molecule has 4 nitrogen and oxygen atoms in total. The maximum Gasteiger partial charge on any atom is 0.405 e. The zero-order valence-corrected chi connectivity index (χ0v) is 8.47. The van der Waals surface area contributed by atoms with Crippen molar-refractivity contribution in [3.05, 3.63) is 0 Å². The lowest BCUT2D eigenvalue weighted by Gasteiger charge is -2.13. The number of nitrogens with one attached hydrogen (secondary N) is 2. The third-order valence-electron chi connectivity index (χ3n) is 2.13. The van der Waals surface area contributed by atoms with E-state index in [4.69, 9.17) is 5.26 Å². The largest absolute Gasteiger partial charge is 0.405 e. The predicted molar refractivity (Wildman–Crippen MR) is 49.2 cm³/mol. The van der Waals surface area contributed by atoms with Gasteiger partial charge in [-0.25, -0.2) is 0 Å². The second kappa shape index (κ2) is 5.16. The Bertz CT molecular complexity index is 293. The summed E-state index contributed by atoms with van der Waals surface area (Å²) in [6.07, 6.45) is -2.70. The first-order valence-electron chi connectivity index (χ1n) is 4.90. The zero-order chi connectivity index (χ0) is 12.2. The lowest BCUT2D eigenvalue weighted by Crippen LogP contribution is -2.39. The fraction of sp³-hybridized carbons (Fsp3) is 0.778. The molecule has 0 heterocycles.